The van der Waals surface area contributed by atoms with Crippen molar-refractivity contribution in [1.82, 2.24) is 10.3 Å². The molecule has 3 rings (SSSR count). The maximum atomic E-state index is 12.4. The highest BCUT2D eigenvalue weighted by molar-refractivity contribution is 5.94. The van der Waals surface area contributed by atoms with Crippen molar-refractivity contribution in [2.24, 2.45) is 0 Å². The largest absolute Gasteiger partial charge is 0.355 e. The van der Waals surface area contributed by atoms with Gasteiger partial charge in [0.25, 0.3) is 5.91 Å². The van der Waals surface area contributed by atoms with Crippen LogP contribution in [0.4, 0.5) is 11.4 Å². The van der Waals surface area contributed by atoms with E-state index in [9.17, 15) is 9.59 Å². The summed E-state index contributed by atoms with van der Waals surface area (Å²) >= 11 is 0. The Kier molecular flexibility index (Phi) is 5.61. The van der Waals surface area contributed by atoms with E-state index in [1.807, 2.05) is 43.3 Å². The van der Waals surface area contributed by atoms with Crippen molar-refractivity contribution in [3.8, 4) is 0 Å². The van der Waals surface area contributed by atoms with Crippen molar-refractivity contribution < 1.29 is 9.59 Å². The molecule has 0 aliphatic rings. The number of nitrogens with zero attached hydrogens (tertiary/aromatic N) is 1. The Labute approximate surface area is 158 Å². The molecule has 0 saturated heterocycles. The lowest BCUT2D eigenvalue weighted by Crippen LogP contribution is -2.23. The van der Waals surface area contributed by atoms with Crippen LogP contribution in [0.5, 0.6) is 0 Å². The van der Waals surface area contributed by atoms with Crippen molar-refractivity contribution in [2.45, 2.75) is 20.4 Å². The van der Waals surface area contributed by atoms with E-state index in [2.05, 4.69) is 15.6 Å². The van der Waals surface area contributed by atoms with Gasteiger partial charge >= 0.3 is 0 Å². The molecular formula is C22H21N3O2. The molecule has 0 spiro atoms. The van der Waals surface area contributed by atoms with Gasteiger partial charge in [0.1, 0.15) is 5.69 Å². The Morgan fingerprint density at radius 2 is 1.63 bits per heavy atom. The average Bonchev–Trinajstić information content (AvgIpc) is 2.68. The van der Waals surface area contributed by atoms with E-state index in [4.69, 9.17) is 0 Å². The highest BCUT2D eigenvalue weighted by Crippen LogP contribution is 2.17. The second-order valence-electron chi connectivity index (χ2n) is 6.36. The molecular weight excluding hydrogens is 338 g/mol. The van der Waals surface area contributed by atoms with Gasteiger partial charge in [-0.3, -0.25) is 14.6 Å². The molecule has 27 heavy (non-hydrogen) atoms. The van der Waals surface area contributed by atoms with Gasteiger partial charge < -0.3 is 10.6 Å². The molecule has 0 radical (unpaired) electrons. The quantitative estimate of drug-likeness (QED) is 0.645. The van der Waals surface area contributed by atoms with Crippen LogP contribution in [-0.2, 0) is 6.54 Å². The standard InChI is InChI=1S/C22H21N3O2/c1-15-3-5-17(6-4-15)14-24-22(27)21-13-20(11-12-23-21)25-19-9-7-18(8-10-19)16(2)26/h3-13H,14H2,1-2H3,(H,23,25)(H,24,27). The Bertz CT molecular complexity index is 948. The summed E-state index contributed by atoms with van der Waals surface area (Å²) in [5, 5.41) is 6.09. The summed E-state index contributed by atoms with van der Waals surface area (Å²) in [4.78, 5) is 27.9. The van der Waals surface area contributed by atoms with Gasteiger partial charge in [-0.2, -0.15) is 0 Å². The number of hydrogen-bond donors (Lipinski definition) is 2. The highest BCUT2D eigenvalue weighted by Gasteiger charge is 2.08. The summed E-state index contributed by atoms with van der Waals surface area (Å²) in [6.07, 6.45) is 1.59. The molecule has 0 saturated carbocycles. The number of aryl methyl sites for hydroxylation is 1. The van der Waals surface area contributed by atoms with Gasteiger partial charge in [-0.15, -0.1) is 0 Å². The fourth-order valence-corrected chi connectivity index (χ4v) is 2.57. The lowest BCUT2D eigenvalue weighted by atomic mass is 10.1. The van der Waals surface area contributed by atoms with E-state index in [0.29, 0.717) is 17.8 Å². The first-order valence-electron chi connectivity index (χ1n) is 8.69. The van der Waals surface area contributed by atoms with E-state index in [1.54, 1.807) is 30.5 Å². The van der Waals surface area contributed by atoms with E-state index in [0.717, 1.165) is 16.9 Å². The lowest BCUT2D eigenvalue weighted by Gasteiger charge is -2.09. The lowest BCUT2D eigenvalue weighted by molar-refractivity contribution is 0.0945. The van der Waals surface area contributed by atoms with Crippen LogP contribution >= 0.6 is 0 Å². The second-order valence-corrected chi connectivity index (χ2v) is 6.36. The highest BCUT2D eigenvalue weighted by atomic mass is 16.1. The summed E-state index contributed by atoms with van der Waals surface area (Å²) in [6, 6.07) is 18.7. The summed E-state index contributed by atoms with van der Waals surface area (Å²) in [5.41, 5.74) is 4.80. The van der Waals surface area contributed by atoms with Gasteiger partial charge in [-0.1, -0.05) is 29.8 Å². The van der Waals surface area contributed by atoms with E-state index in [-0.39, 0.29) is 11.7 Å². The number of anilines is 2. The molecule has 0 unspecified atom stereocenters. The number of pyridine rings is 1. The first-order valence-corrected chi connectivity index (χ1v) is 8.69. The summed E-state index contributed by atoms with van der Waals surface area (Å²) in [5.74, 6) is -0.204. The fourth-order valence-electron chi connectivity index (χ4n) is 2.57. The molecule has 0 fully saturated rings. The van der Waals surface area contributed by atoms with Crippen LogP contribution in [-0.4, -0.2) is 16.7 Å². The molecule has 2 N–H and O–H groups in total. The van der Waals surface area contributed by atoms with Crippen LogP contribution in [0.25, 0.3) is 0 Å². The predicted molar refractivity (Wildman–Crippen MR) is 106 cm³/mol. The van der Waals surface area contributed by atoms with E-state index in [1.165, 1.54) is 12.5 Å². The van der Waals surface area contributed by atoms with Crippen LogP contribution in [0.15, 0.2) is 66.9 Å². The Morgan fingerprint density at radius 3 is 2.30 bits per heavy atom. The molecule has 0 aliphatic carbocycles. The topological polar surface area (TPSA) is 71.1 Å². The van der Waals surface area contributed by atoms with Crippen LogP contribution in [0.1, 0.15) is 38.9 Å². The second kappa shape index (κ2) is 8.27. The molecule has 5 heteroatoms. The molecule has 3 aromatic rings. The van der Waals surface area contributed by atoms with Crippen LogP contribution < -0.4 is 10.6 Å². The maximum Gasteiger partial charge on any atom is 0.270 e. The molecule has 0 atom stereocenters. The van der Waals surface area contributed by atoms with E-state index >= 15 is 0 Å². The molecule has 2 aromatic carbocycles. The first kappa shape index (κ1) is 18.3. The molecule has 5 nitrogen and oxygen atoms in total. The Hall–Kier alpha value is -3.47. The molecule has 136 valence electrons. The molecule has 1 amide bonds. The number of Topliss-reactive ketones (excluding diaryl/α,β-unsaturated/α-hetero) is 1. The number of carbonyl (C=O) groups is 2. The SMILES string of the molecule is CC(=O)c1ccc(Nc2ccnc(C(=O)NCc3ccc(C)cc3)c2)cc1. The van der Waals surface area contributed by atoms with Gasteiger partial charge in [0.2, 0.25) is 0 Å². The third-order valence-electron chi connectivity index (χ3n) is 4.15. The zero-order valence-electron chi connectivity index (χ0n) is 15.3. The van der Waals surface area contributed by atoms with Gasteiger partial charge in [-0.25, -0.2) is 0 Å². The van der Waals surface area contributed by atoms with Crippen molar-refractivity contribution >= 4 is 23.1 Å². The number of rotatable bonds is 6. The van der Waals surface area contributed by atoms with Crippen LogP contribution in [0.3, 0.4) is 0 Å². The smallest absolute Gasteiger partial charge is 0.270 e. The molecule has 0 bridgehead atoms. The fraction of sp³-hybridized carbons (Fsp3) is 0.136. The van der Waals surface area contributed by atoms with Crippen molar-refractivity contribution in [3.63, 3.8) is 0 Å². The number of nitrogens with one attached hydrogen (secondary N) is 2. The minimum Gasteiger partial charge on any atom is -0.355 e. The zero-order chi connectivity index (χ0) is 19.2. The summed E-state index contributed by atoms with van der Waals surface area (Å²) < 4.78 is 0. The number of benzene rings is 2. The Morgan fingerprint density at radius 1 is 0.926 bits per heavy atom. The van der Waals surface area contributed by atoms with Crippen molar-refractivity contribution in [3.05, 3.63) is 89.2 Å². The Balaban J connectivity index is 1.64. The summed E-state index contributed by atoms with van der Waals surface area (Å²) in [6.45, 7) is 4.01. The zero-order valence-corrected chi connectivity index (χ0v) is 15.3. The molecule has 1 aromatic heterocycles. The number of ketones is 1. The minimum absolute atomic E-state index is 0.0259. The van der Waals surface area contributed by atoms with Gasteiger partial charge in [0, 0.05) is 29.7 Å². The first-order chi connectivity index (χ1) is 13.0. The monoisotopic (exact) mass is 359 g/mol. The summed E-state index contributed by atoms with van der Waals surface area (Å²) in [7, 11) is 0. The minimum atomic E-state index is -0.230. The maximum absolute atomic E-state index is 12.4. The normalized spacial score (nSPS) is 10.3. The average molecular weight is 359 g/mol. The van der Waals surface area contributed by atoms with E-state index < -0.39 is 0 Å². The van der Waals surface area contributed by atoms with Gasteiger partial charge in [-0.05, 0) is 55.8 Å². The van der Waals surface area contributed by atoms with Gasteiger partial charge in [0.05, 0.1) is 0 Å². The number of aromatic nitrogens is 1. The van der Waals surface area contributed by atoms with Crippen LogP contribution in [0.2, 0.25) is 0 Å². The number of hydrogen-bond acceptors (Lipinski definition) is 4. The van der Waals surface area contributed by atoms with Crippen LogP contribution in [0, 0.1) is 6.92 Å². The third kappa shape index (κ3) is 5.01. The van der Waals surface area contributed by atoms with Crippen molar-refractivity contribution in [2.75, 3.05) is 5.32 Å². The number of carbonyl (C=O) groups excluding carboxylic acids is 2. The molecule has 1 heterocycles. The predicted octanol–water partition coefficient (Wildman–Crippen LogP) is 4.27. The number of amides is 1. The third-order valence-corrected chi connectivity index (χ3v) is 4.15. The molecule has 0 aliphatic heterocycles. The van der Waals surface area contributed by atoms with Gasteiger partial charge in [0.15, 0.2) is 5.78 Å². The van der Waals surface area contributed by atoms with Crippen molar-refractivity contribution in [1.29, 1.82) is 0 Å².